The van der Waals surface area contributed by atoms with Crippen molar-refractivity contribution in [3.8, 4) is 0 Å². The van der Waals surface area contributed by atoms with Crippen molar-refractivity contribution in [1.82, 2.24) is 10.2 Å². The first-order valence-corrected chi connectivity index (χ1v) is 6.70. The second-order valence-corrected chi connectivity index (χ2v) is 4.96. The molecule has 1 aliphatic heterocycles. The van der Waals surface area contributed by atoms with Gasteiger partial charge in [0.1, 0.15) is 11.6 Å². The highest BCUT2D eigenvalue weighted by atomic mass is 35.5. The summed E-state index contributed by atoms with van der Waals surface area (Å²) in [5, 5.41) is 3.29. The van der Waals surface area contributed by atoms with E-state index >= 15 is 0 Å². The van der Waals surface area contributed by atoms with Gasteiger partial charge in [0.2, 0.25) is 0 Å². The number of piperidine rings is 1. The zero-order valence-electron chi connectivity index (χ0n) is 11.6. The van der Waals surface area contributed by atoms with Crippen LogP contribution in [0, 0.1) is 11.6 Å². The van der Waals surface area contributed by atoms with Gasteiger partial charge in [-0.05, 0) is 38.6 Å². The molecule has 0 aromatic heterocycles. The van der Waals surface area contributed by atoms with Crippen molar-refractivity contribution in [2.45, 2.75) is 18.9 Å². The molecule has 1 N–H and O–H groups in total. The SMILES string of the molecule is CNC1CCCN(C/C=C/c2ccc(F)cc2F)C1.Cl. The highest BCUT2D eigenvalue weighted by Gasteiger charge is 2.16. The van der Waals surface area contributed by atoms with Gasteiger partial charge in [-0.15, -0.1) is 12.4 Å². The quantitative estimate of drug-likeness (QED) is 0.919. The fourth-order valence-electron chi connectivity index (χ4n) is 2.42. The summed E-state index contributed by atoms with van der Waals surface area (Å²) in [5.74, 6) is -1.05. The standard InChI is InChI=1S/C15H20F2N2.ClH/c1-18-14-5-3-9-19(11-14)8-2-4-12-6-7-13(16)10-15(12)17;/h2,4,6-7,10,14,18H,3,5,8-9,11H2,1H3;1H/b4-2+;. The Morgan fingerprint density at radius 1 is 1.40 bits per heavy atom. The molecule has 0 aliphatic carbocycles. The van der Waals surface area contributed by atoms with E-state index < -0.39 is 11.6 Å². The number of nitrogens with one attached hydrogen (secondary N) is 1. The highest BCUT2D eigenvalue weighted by molar-refractivity contribution is 5.85. The Kier molecular flexibility index (Phi) is 7.13. The van der Waals surface area contributed by atoms with Crippen LogP contribution in [0.1, 0.15) is 18.4 Å². The zero-order chi connectivity index (χ0) is 13.7. The Balaban J connectivity index is 0.00000200. The zero-order valence-corrected chi connectivity index (χ0v) is 12.4. The van der Waals surface area contributed by atoms with Crippen molar-refractivity contribution in [2.75, 3.05) is 26.7 Å². The fraction of sp³-hybridized carbons (Fsp3) is 0.467. The lowest BCUT2D eigenvalue weighted by molar-refractivity contribution is 0.213. The second-order valence-electron chi connectivity index (χ2n) is 4.96. The number of hydrogen-bond acceptors (Lipinski definition) is 2. The first kappa shape index (κ1) is 17.1. The van der Waals surface area contributed by atoms with Gasteiger partial charge in [-0.25, -0.2) is 8.78 Å². The predicted octanol–water partition coefficient (Wildman–Crippen LogP) is 3.08. The van der Waals surface area contributed by atoms with E-state index in [9.17, 15) is 8.78 Å². The largest absolute Gasteiger partial charge is 0.316 e. The Bertz CT molecular complexity index is 451. The molecule has 1 aromatic rings. The topological polar surface area (TPSA) is 15.3 Å². The molecular formula is C15H21ClF2N2. The molecule has 1 saturated heterocycles. The van der Waals surface area contributed by atoms with E-state index in [4.69, 9.17) is 0 Å². The monoisotopic (exact) mass is 302 g/mol. The third-order valence-electron chi connectivity index (χ3n) is 3.54. The molecule has 1 aliphatic rings. The van der Waals surface area contributed by atoms with Crippen molar-refractivity contribution in [1.29, 1.82) is 0 Å². The molecule has 20 heavy (non-hydrogen) atoms. The number of halogens is 3. The van der Waals surface area contributed by atoms with E-state index in [1.807, 2.05) is 13.1 Å². The van der Waals surface area contributed by atoms with Crippen LogP contribution in [-0.4, -0.2) is 37.6 Å². The van der Waals surface area contributed by atoms with E-state index in [0.717, 1.165) is 25.7 Å². The minimum Gasteiger partial charge on any atom is -0.316 e. The smallest absolute Gasteiger partial charge is 0.133 e. The van der Waals surface area contributed by atoms with Gasteiger partial charge >= 0.3 is 0 Å². The average Bonchev–Trinajstić information content (AvgIpc) is 2.41. The van der Waals surface area contributed by atoms with E-state index in [1.54, 1.807) is 6.08 Å². The van der Waals surface area contributed by atoms with Crippen LogP contribution in [0.2, 0.25) is 0 Å². The summed E-state index contributed by atoms with van der Waals surface area (Å²) in [7, 11) is 1.98. The number of hydrogen-bond donors (Lipinski definition) is 1. The number of rotatable bonds is 4. The lowest BCUT2D eigenvalue weighted by Gasteiger charge is -2.31. The molecule has 1 aromatic carbocycles. The summed E-state index contributed by atoms with van der Waals surface area (Å²) in [6, 6.07) is 4.20. The van der Waals surface area contributed by atoms with E-state index in [1.165, 1.54) is 25.0 Å². The van der Waals surface area contributed by atoms with Crippen LogP contribution in [0.3, 0.4) is 0 Å². The van der Waals surface area contributed by atoms with E-state index in [2.05, 4.69) is 10.2 Å². The molecule has 0 saturated carbocycles. The summed E-state index contributed by atoms with van der Waals surface area (Å²) >= 11 is 0. The van der Waals surface area contributed by atoms with Gasteiger partial charge < -0.3 is 5.32 Å². The molecule has 5 heteroatoms. The molecule has 0 radical (unpaired) electrons. The lowest BCUT2D eigenvalue weighted by Crippen LogP contribution is -2.44. The molecule has 2 nitrogen and oxygen atoms in total. The minimum atomic E-state index is -0.539. The molecule has 1 unspecified atom stereocenters. The average molecular weight is 303 g/mol. The first-order valence-electron chi connectivity index (χ1n) is 6.70. The summed E-state index contributed by atoms with van der Waals surface area (Å²) in [6.45, 7) is 2.90. The maximum atomic E-state index is 13.4. The van der Waals surface area contributed by atoms with Gasteiger partial charge in [0.05, 0.1) is 0 Å². The molecular weight excluding hydrogens is 282 g/mol. The highest BCUT2D eigenvalue weighted by Crippen LogP contribution is 2.12. The van der Waals surface area contributed by atoms with Gasteiger partial charge in [0.15, 0.2) is 0 Å². The molecule has 0 bridgehead atoms. The predicted molar refractivity (Wildman–Crippen MR) is 81.2 cm³/mol. The van der Waals surface area contributed by atoms with Gasteiger partial charge in [0.25, 0.3) is 0 Å². The van der Waals surface area contributed by atoms with Gasteiger partial charge in [-0.2, -0.15) is 0 Å². The Morgan fingerprint density at radius 3 is 2.90 bits per heavy atom. The van der Waals surface area contributed by atoms with E-state index in [0.29, 0.717) is 11.6 Å². The van der Waals surface area contributed by atoms with Crippen molar-refractivity contribution in [3.05, 3.63) is 41.5 Å². The van der Waals surface area contributed by atoms with Crippen LogP contribution in [-0.2, 0) is 0 Å². The Morgan fingerprint density at radius 2 is 2.20 bits per heavy atom. The Hall–Kier alpha value is -0.970. The number of benzene rings is 1. The van der Waals surface area contributed by atoms with Gasteiger partial charge in [-0.1, -0.05) is 12.2 Å². The molecule has 1 heterocycles. The van der Waals surface area contributed by atoms with Crippen LogP contribution in [0.15, 0.2) is 24.3 Å². The Labute approximate surface area is 125 Å². The van der Waals surface area contributed by atoms with Crippen LogP contribution >= 0.6 is 12.4 Å². The minimum absolute atomic E-state index is 0. The molecule has 0 amide bonds. The first-order chi connectivity index (χ1) is 9.19. The second kappa shape index (κ2) is 8.35. The maximum Gasteiger partial charge on any atom is 0.133 e. The van der Waals surface area contributed by atoms with Crippen molar-refractivity contribution in [2.24, 2.45) is 0 Å². The normalized spacial score (nSPS) is 20.1. The van der Waals surface area contributed by atoms with Crippen molar-refractivity contribution in [3.63, 3.8) is 0 Å². The summed E-state index contributed by atoms with van der Waals surface area (Å²) in [6.07, 6.45) is 6.06. The van der Waals surface area contributed by atoms with Crippen LogP contribution in [0.5, 0.6) is 0 Å². The number of nitrogens with zero attached hydrogens (tertiary/aromatic N) is 1. The number of likely N-dealkylation sites (N-methyl/N-ethyl adjacent to an activating group) is 1. The van der Waals surface area contributed by atoms with Crippen molar-refractivity contribution < 1.29 is 8.78 Å². The van der Waals surface area contributed by atoms with Crippen molar-refractivity contribution >= 4 is 18.5 Å². The van der Waals surface area contributed by atoms with Crippen LogP contribution in [0.4, 0.5) is 8.78 Å². The molecule has 1 fully saturated rings. The fourth-order valence-corrected chi connectivity index (χ4v) is 2.42. The third-order valence-corrected chi connectivity index (χ3v) is 3.54. The lowest BCUT2D eigenvalue weighted by atomic mass is 10.1. The molecule has 1 atom stereocenters. The number of likely N-dealkylation sites (tertiary alicyclic amines) is 1. The van der Waals surface area contributed by atoms with E-state index in [-0.39, 0.29) is 12.4 Å². The molecule has 112 valence electrons. The van der Waals surface area contributed by atoms with Crippen LogP contribution < -0.4 is 5.32 Å². The van der Waals surface area contributed by atoms with Gasteiger partial charge in [-0.3, -0.25) is 4.90 Å². The van der Waals surface area contributed by atoms with Gasteiger partial charge in [0, 0.05) is 30.8 Å². The maximum absolute atomic E-state index is 13.4. The third kappa shape index (κ3) is 4.85. The summed E-state index contributed by atoms with van der Waals surface area (Å²) in [5.41, 5.74) is 0.434. The summed E-state index contributed by atoms with van der Waals surface area (Å²) in [4.78, 5) is 2.34. The molecule has 0 spiro atoms. The summed E-state index contributed by atoms with van der Waals surface area (Å²) < 4.78 is 26.2. The van der Waals surface area contributed by atoms with Crippen LogP contribution in [0.25, 0.3) is 6.08 Å². The molecule has 2 rings (SSSR count).